The Bertz CT molecular complexity index is 181. The first-order chi connectivity index (χ1) is 4.88. The lowest BCUT2D eigenvalue weighted by Crippen LogP contribution is -2.28. The van der Waals surface area contributed by atoms with Gasteiger partial charge in [0.25, 0.3) is 0 Å². The number of rotatable bonds is 0. The first-order valence-electron chi connectivity index (χ1n) is 4.00. The van der Waals surface area contributed by atoms with Gasteiger partial charge in [0.05, 0.1) is 0 Å². The largest absolute Gasteiger partial charge is 0.351 e. The monoisotopic (exact) mass is 135 g/mol. The zero-order chi connectivity index (χ0) is 6.97. The standard InChI is InChI=1S/C9H13N/c1-8-5-7-10-6-3-2-4-9(8)10/h3,5-9H,2,4H2,1H3. The van der Waals surface area contributed by atoms with Crippen LogP contribution in [0.4, 0.5) is 0 Å². The molecule has 0 aliphatic carbocycles. The van der Waals surface area contributed by atoms with Crippen molar-refractivity contribution < 1.29 is 0 Å². The van der Waals surface area contributed by atoms with Crippen LogP contribution < -0.4 is 0 Å². The van der Waals surface area contributed by atoms with E-state index in [-0.39, 0.29) is 0 Å². The van der Waals surface area contributed by atoms with Crippen LogP contribution in [0.1, 0.15) is 19.8 Å². The fourth-order valence-electron chi connectivity index (χ4n) is 1.78. The van der Waals surface area contributed by atoms with Gasteiger partial charge in [-0.15, -0.1) is 0 Å². The summed E-state index contributed by atoms with van der Waals surface area (Å²) in [6.45, 7) is 2.29. The Hall–Kier alpha value is -0.720. The van der Waals surface area contributed by atoms with Gasteiger partial charge in [-0.3, -0.25) is 0 Å². The average molecular weight is 135 g/mol. The van der Waals surface area contributed by atoms with Crippen LogP contribution in [0.3, 0.4) is 0 Å². The molecule has 0 N–H and O–H groups in total. The van der Waals surface area contributed by atoms with Gasteiger partial charge >= 0.3 is 0 Å². The molecular weight excluding hydrogens is 122 g/mol. The molecule has 0 aromatic rings. The molecule has 2 atom stereocenters. The van der Waals surface area contributed by atoms with E-state index in [2.05, 4.69) is 36.4 Å². The number of allylic oxidation sites excluding steroid dienone is 1. The van der Waals surface area contributed by atoms with Crippen molar-refractivity contribution in [3.63, 3.8) is 0 Å². The lowest BCUT2D eigenvalue weighted by molar-refractivity contribution is 0.307. The molecule has 0 radical (unpaired) electrons. The summed E-state index contributed by atoms with van der Waals surface area (Å²) in [6, 6.07) is 0.769. The first kappa shape index (κ1) is 6.02. The van der Waals surface area contributed by atoms with Gasteiger partial charge in [0.2, 0.25) is 0 Å². The van der Waals surface area contributed by atoms with Crippen molar-refractivity contribution >= 4 is 0 Å². The molecule has 1 nitrogen and oxygen atoms in total. The van der Waals surface area contributed by atoms with Crippen molar-refractivity contribution in [1.82, 2.24) is 4.90 Å². The molecule has 0 spiro atoms. The van der Waals surface area contributed by atoms with Crippen LogP contribution >= 0.6 is 0 Å². The summed E-state index contributed by atoms with van der Waals surface area (Å²) >= 11 is 0. The maximum Gasteiger partial charge on any atom is 0.0394 e. The van der Waals surface area contributed by atoms with Crippen LogP contribution in [-0.2, 0) is 0 Å². The molecule has 54 valence electrons. The smallest absolute Gasteiger partial charge is 0.0394 e. The quantitative estimate of drug-likeness (QED) is 0.492. The van der Waals surface area contributed by atoms with Crippen molar-refractivity contribution in [3.8, 4) is 0 Å². The Morgan fingerprint density at radius 2 is 2.30 bits per heavy atom. The number of hydrogen-bond donors (Lipinski definition) is 0. The molecule has 2 rings (SSSR count). The molecule has 0 amide bonds. The molecule has 10 heavy (non-hydrogen) atoms. The topological polar surface area (TPSA) is 3.24 Å². The maximum absolute atomic E-state index is 2.33. The Kier molecular flexibility index (Phi) is 1.30. The first-order valence-corrected chi connectivity index (χ1v) is 4.00. The molecule has 0 aromatic heterocycles. The van der Waals surface area contributed by atoms with Crippen molar-refractivity contribution in [2.45, 2.75) is 25.8 Å². The molecular formula is C9H13N. The Balaban J connectivity index is 2.18. The fraction of sp³-hybridized carbons (Fsp3) is 0.556. The lowest BCUT2D eigenvalue weighted by atomic mass is 9.98. The minimum Gasteiger partial charge on any atom is -0.351 e. The van der Waals surface area contributed by atoms with Crippen LogP contribution in [0.2, 0.25) is 0 Å². The van der Waals surface area contributed by atoms with Crippen molar-refractivity contribution in [3.05, 3.63) is 24.6 Å². The molecule has 2 heterocycles. The summed E-state index contributed by atoms with van der Waals surface area (Å²) < 4.78 is 0. The maximum atomic E-state index is 2.33. The molecule has 0 aromatic carbocycles. The second kappa shape index (κ2) is 2.15. The van der Waals surface area contributed by atoms with Crippen molar-refractivity contribution in [2.75, 3.05) is 0 Å². The van der Waals surface area contributed by atoms with Gasteiger partial charge in [-0.2, -0.15) is 0 Å². The fourth-order valence-corrected chi connectivity index (χ4v) is 1.78. The normalized spacial score (nSPS) is 36.7. The molecule has 0 bridgehead atoms. The van der Waals surface area contributed by atoms with Gasteiger partial charge in [0.1, 0.15) is 0 Å². The summed E-state index contributed by atoms with van der Waals surface area (Å²) in [5, 5.41) is 0. The van der Waals surface area contributed by atoms with Crippen LogP contribution in [0, 0.1) is 5.92 Å². The summed E-state index contributed by atoms with van der Waals surface area (Å²) in [5.74, 6) is 0.755. The Morgan fingerprint density at radius 3 is 3.10 bits per heavy atom. The van der Waals surface area contributed by atoms with Crippen LogP contribution in [0.25, 0.3) is 0 Å². The van der Waals surface area contributed by atoms with Crippen molar-refractivity contribution in [1.29, 1.82) is 0 Å². The summed E-state index contributed by atoms with van der Waals surface area (Å²) in [6.07, 6.45) is 11.5. The van der Waals surface area contributed by atoms with Crippen molar-refractivity contribution in [2.24, 2.45) is 5.92 Å². The second-order valence-corrected chi connectivity index (χ2v) is 3.18. The third kappa shape index (κ3) is 0.772. The summed E-state index contributed by atoms with van der Waals surface area (Å²) in [5.41, 5.74) is 0. The van der Waals surface area contributed by atoms with Crippen LogP contribution in [-0.4, -0.2) is 10.9 Å². The van der Waals surface area contributed by atoms with E-state index in [0.29, 0.717) is 0 Å². The molecule has 2 aliphatic rings. The van der Waals surface area contributed by atoms with Gasteiger partial charge in [0, 0.05) is 12.2 Å². The van der Waals surface area contributed by atoms with E-state index in [9.17, 15) is 0 Å². The SMILES string of the molecule is CC1C=CN2C=CCCC12. The highest BCUT2D eigenvalue weighted by Crippen LogP contribution is 2.27. The van der Waals surface area contributed by atoms with E-state index in [4.69, 9.17) is 0 Å². The zero-order valence-electron chi connectivity index (χ0n) is 6.33. The highest BCUT2D eigenvalue weighted by atomic mass is 15.1. The molecule has 2 unspecified atom stereocenters. The van der Waals surface area contributed by atoms with E-state index in [1.165, 1.54) is 12.8 Å². The molecule has 0 saturated carbocycles. The van der Waals surface area contributed by atoms with E-state index < -0.39 is 0 Å². The highest BCUT2D eigenvalue weighted by molar-refractivity contribution is 5.10. The number of hydrogen-bond acceptors (Lipinski definition) is 1. The highest BCUT2D eigenvalue weighted by Gasteiger charge is 2.25. The Labute approximate surface area is 62.0 Å². The van der Waals surface area contributed by atoms with Gasteiger partial charge in [-0.25, -0.2) is 0 Å². The van der Waals surface area contributed by atoms with Crippen LogP contribution in [0.5, 0.6) is 0 Å². The third-order valence-electron chi connectivity index (χ3n) is 2.46. The van der Waals surface area contributed by atoms with E-state index in [0.717, 1.165) is 12.0 Å². The second-order valence-electron chi connectivity index (χ2n) is 3.18. The Morgan fingerprint density at radius 1 is 1.40 bits per heavy atom. The average Bonchev–Trinajstić information content (AvgIpc) is 2.34. The summed E-state index contributed by atoms with van der Waals surface area (Å²) in [7, 11) is 0. The predicted octanol–water partition coefficient (Wildman–Crippen LogP) is 2.13. The third-order valence-corrected chi connectivity index (χ3v) is 2.46. The van der Waals surface area contributed by atoms with E-state index in [1.54, 1.807) is 0 Å². The molecule has 0 fully saturated rings. The predicted molar refractivity (Wildman–Crippen MR) is 42.3 cm³/mol. The van der Waals surface area contributed by atoms with Gasteiger partial charge in [0.15, 0.2) is 0 Å². The lowest BCUT2D eigenvalue weighted by Gasteiger charge is -2.27. The minimum atomic E-state index is 0.755. The van der Waals surface area contributed by atoms with Gasteiger partial charge in [-0.1, -0.05) is 19.1 Å². The van der Waals surface area contributed by atoms with Gasteiger partial charge in [-0.05, 0) is 25.0 Å². The molecule has 2 aliphatic heterocycles. The van der Waals surface area contributed by atoms with Crippen LogP contribution in [0.15, 0.2) is 24.6 Å². The van der Waals surface area contributed by atoms with Gasteiger partial charge < -0.3 is 4.90 Å². The zero-order valence-corrected chi connectivity index (χ0v) is 6.33. The van der Waals surface area contributed by atoms with E-state index in [1.807, 2.05) is 0 Å². The number of fused-ring (bicyclic) bond motifs is 1. The molecule has 0 saturated heterocycles. The van der Waals surface area contributed by atoms with E-state index >= 15 is 0 Å². The molecule has 1 heteroatoms. The number of nitrogens with zero attached hydrogens (tertiary/aromatic N) is 1. The minimum absolute atomic E-state index is 0.755. The summed E-state index contributed by atoms with van der Waals surface area (Å²) in [4.78, 5) is 2.33.